The van der Waals surface area contributed by atoms with Crippen LogP contribution in [0.15, 0.2) is 0 Å². The second kappa shape index (κ2) is 4.21. The zero-order chi connectivity index (χ0) is 12.2. The predicted octanol–water partition coefficient (Wildman–Crippen LogP) is 2.85. The van der Waals surface area contributed by atoms with Crippen molar-refractivity contribution < 1.29 is 5.11 Å². The van der Waals surface area contributed by atoms with Crippen LogP contribution in [0.2, 0.25) is 0 Å². The van der Waals surface area contributed by atoms with Gasteiger partial charge in [0, 0.05) is 12.1 Å². The highest BCUT2D eigenvalue weighted by Crippen LogP contribution is 2.55. The van der Waals surface area contributed by atoms with Crippen molar-refractivity contribution in [1.82, 2.24) is 5.32 Å². The van der Waals surface area contributed by atoms with Gasteiger partial charge < -0.3 is 10.4 Å². The third-order valence-electron chi connectivity index (χ3n) is 6.27. The summed E-state index contributed by atoms with van der Waals surface area (Å²) in [6, 6.07) is 1.53. The van der Waals surface area contributed by atoms with E-state index in [9.17, 15) is 5.11 Å². The normalized spacial score (nSPS) is 51.8. The van der Waals surface area contributed by atoms with E-state index in [2.05, 4.69) is 5.32 Å². The Bertz CT molecular complexity index is 307. The van der Waals surface area contributed by atoms with Crippen molar-refractivity contribution in [1.29, 1.82) is 0 Å². The summed E-state index contributed by atoms with van der Waals surface area (Å²) in [5.41, 5.74) is -0.263. The highest BCUT2D eigenvalue weighted by atomic mass is 16.3. The zero-order valence-electron chi connectivity index (χ0n) is 11.4. The van der Waals surface area contributed by atoms with Crippen LogP contribution in [0.1, 0.15) is 64.2 Å². The standard InChI is InChI=1S/C16H27NO/c18-16-8-11-6-12(9-16)15(13(7-11)10-16)17-14-4-2-1-3-5-14/h11-15,17-18H,1-10H2/t11?,12-,13+,15?,16?. The molecule has 5 saturated carbocycles. The molecular weight excluding hydrogens is 222 g/mol. The molecule has 5 aliphatic carbocycles. The topological polar surface area (TPSA) is 32.3 Å². The monoisotopic (exact) mass is 249 g/mol. The van der Waals surface area contributed by atoms with Gasteiger partial charge in [0.1, 0.15) is 0 Å². The third kappa shape index (κ3) is 1.92. The molecule has 0 heterocycles. The summed E-state index contributed by atoms with van der Waals surface area (Å²) in [6.07, 6.45) is 13.1. The van der Waals surface area contributed by atoms with E-state index in [4.69, 9.17) is 0 Å². The molecule has 0 aromatic carbocycles. The lowest BCUT2D eigenvalue weighted by atomic mass is 9.52. The largest absolute Gasteiger partial charge is 0.390 e. The van der Waals surface area contributed by atoms with Gasteiger partial charge in [0.05, 0.1) is 5.60 Å². The van der Waals surface area contributed by atoms with Gasteiger partial charge in [-0.05, 0) is 62.7 Å². The number of rotatable bonds is 2. The summed E-state index contributed by atoms with van der Waals surface area (Å²) in [7, 11) is 0. The molecule has 0 saturated heterocycles. The lowest BCUT2D eigenvalue weighted by Crippen LogP contribution is -2.62. The van der Waals surface area contributed by atoms with Crippen LogP contribution in [0.3, 0.4) is 0 Å². The van der Waals surface area contributed by atoms with Crippen LogP contribution in [0.5, 0.6) is 0 Å². The second-order valence-electron chi connectivity index (χ2n) is 7.72. The summed E-state index contributed by atoms with van der Waals surface area (Å²) < 4.78 is 0. The fourth-order valence-electron chi connectivity index (χ4n) is 5.79. The molecule has 18 heavy (non-hydrogen) atoms. The maximum Gasteiger partial charge on any atom is 0.0657 e. The smallest absolute Gasteiger partial charge is 0.0657 e. The number of hydrogen-bond acceptors (Lipinski definition) is 2. The molecule has 0 aromatic heterocycles. The van der Waals surface area contributed by atoms with E-state index in [1.807, 2.05) is 0 Å². The molecule has 2 N–H and O–H groups in total. The summed E-state index contributed by atoms with van der Waals surface area (Å²) in [5, 5.41) is 14.6. The van der Waals surface area contributed by atoms with Crippen LogP contribution in [-0.4, -0.2) is 22.8 Å². The van der Waals surface area contributed by atoms with Crippen LogP contribution in [0.25, 0.3) is 0 Å². The van der Waals surface area contributed by atoms with Gasteiger partial charge >= 0.3 is 0 Å². The van der Waals surface area contributed by atoms with Crippen molar-refractivity contribution in [3.05, 3.63) is 0 Å². The SMILES string of the molecule is OC12CC3C[C@H](C1)C(NC1CCCCC1)[C@@H](C3)C2. The van der Waals surface area contributed by atoms with Crippen LogP contribution < -0.4 is 5.32 Å². The third-order valence-corrected chi connectivity index (χ3v) is 6.27. The van der Waals surface area contributed by atoms with Gasteiger partial charge in [-0.2, -0.15) is 0 Å². The Balaban J connectivity index is 1.46. The first kappa shape index (κ1) is 11.7. The van der Waals surface area contributed by atoms with Gasteiger partial charge in [-0.1, -0.05) is 19.3 Å². The summed E-state index contributed by atoms with van der Waals surface area (Å²) in [4.78, 5) is 0. The van der Waals surface area contributed by atoms with Gasteiger partial charge in [-0.15, -0.1) is 0 Å². The first-order chi connectivity index (χ1) is 8.72. The molecule has 5 rings (SSSR count). The van der Waals surface area contributed by atoms with E-state index < -0.39 is 0 Å². The lowest BCUT2D eigenvalue weighted by Gasteiger charge is -2.58. The van der Waals surface area contributed by atoms with Crippen molar-refractivity contribution in [3.63, 3.8) is 0 Å². The van der Waals surface area contributed by atoms with Crippen molar-refractivity contribution in [3.8, 4) is 0 Å². The Kier molecular flexibility index (Phi) is 2.74. The second-order valence-corrected chi connectivity index (χ2v) is 7.72. The van der Waals surface area contributed by atoms with Crippen molar-refractivity contribution >= 4 is 0 Å². The predicted molar refractivity (Wildman–Crippen MR) is 72.3 cm³/mol. The number of nitrogens with one attached hydrogen (secondary N) is 1. The molecule has 5 atom stereocenters. The van der Waals surface area contributed by atoms with Gasteiger partial charge in [-0.3, -0.25) is 0 Å². The van der Waals surface area contributed by atoms with Crippen LogP contribution >= 0.6 is 0 Å². The molecular formula is C16H27NO. The molecule has 0 aliphatic heterocycles. The van der Waals surface area contributed by atoms with Crippen LogP contribution in [0.4, 0.5) is 0 Å². The van der Waals surface area contributed by atoms with Crippen LogP contribution in [0, 0.1) is 17.8 Å². The average Bonchev–Trinajstić information content (AvgIpc) is 2.33. The highest BCUT2D eigenvalue weighted by molar-refractivity contribution is 5.08. The molecule has 3 unspecified atom stereocenters. The minimum Gasteiger partial charge on any atom is -0.390 e. The molecule has 0 amide bonds. The molecule has 2 nitrogen and oxygen atoms in total. The van der Waals surface area contributed by atoms with Crippen molar-refractivity contribution in [2.75, 3.05) is 0 Å². The molecule has 0 spiro atoms. The summed E-state index contributed by atoms with van der Waals surface area (Å²) in [5.74, 6) is 2.41. The van der Waals surface area contributed by atoms with Gasteiger partial charge in [0.15, 0.2) is 0 Å². The minimum atomic E-state index is -0.263. The van der Waals surface area contributed by atoms with Crippen molar-refractivity contribution in [2.24, 2.45) is 17.8 Å². The van der Waals surface area contributed by atoms with Crippen molar-refractivity contribution in [2.45, 2.75) is 81.9 Å². The Morgan fingerprint density at radius 1 is 0.889 bits per heavy atom. The number of aliphatic hydroxyl groups is 1. The van der Waals surface area contributed by atoms with E-state index in [0.717, 1.165) is 49.1 Å². The minimum absolute atomic E-state index is 0.263. The Labute approximate surface area is 111 Å². The fourth-order valence-corrected chi connectivity index (χ4v) is 5.79. The Morgan fingerprint density at radius 2 is 1.56 bits per heavy atom. The summed E-state index contributed by atoms with van der Waals surface area (Å²) in [6.45, 7) is 0. The van der Waals surface area contributed by atoms with E-state index in [1.165, 1.54) is 44.9 Å². The van der Waals surface area contributed by atoms with E-state index in [0.29, 0.717) is 0 Å². The molecule has 2 heteroatoms. The lowest BCUT2D eigenvalue weighted by molar-refractivity contribution is -0.140. The van der Waals surface area contributed by atoms with E-state index >= 15 is 0 Å². The van der Waals surface area contributed by atoms with E-state index in [1.54, 1.807) is 0 Å². The van der Waals surface area contributed by atoms with Gasteiger partial charge in [0.25, 0.3) is 0 Å². The summed E-state index contributed by atoms with van der Waals surface area (Å²) >= 11 is 0. The van der Waals surface area contributed by atoms with Gasteiger partial charge in [0.2, 0.25) is 0 Å². The number of hydrogen-bond donors (Lipinski definition) is 2. The maximum absolute atomic E-state index is 10.6. The molecule has 0 aromatic rings. The Morgan fingerprint density at radius 3 is 2.17 bits per heavy atom. The molecule has 102 valence electrons. The van der Waals surface area contributed by atoms with E-state index in [-0.39, 0.29) is 5.60 Å². The molecule has 5 fully saturated rings. The quantitative estimate of drug-likeness (QED) is 0.789. The maximum atomic E-state index is 10.6. The molecule has 5 aliphatic rings. The first-order valence-electron chi connectivity index (χ1n) is 8.20. The molecule has 4 bridgehead atoms. The first-order valence-corrected chi connectivity index (χ1v) is 8.20. The van der Waals surface area contributed by atoms with Crippen LogP contribution in [-0.2, 0) is 0 Å². The highest BCUT2D eigenvalue weighted by Gasteiger charge is 2.54. The average molecular weight is 249 g/mol. The molecule has 0 radical (unpaired) electrons. The van der Waals surface area contributed by atoms with Gasteiger partial charge in [-0.25, -0.2) is 0 Å². The zero-order valence-corrected chi connectivity index (χ0v) is 11.4. The Hall–Kier alpha value is -0.0800. The fraction of sp³-hybridized carbons (Fsp3) is 1.00.